The van der Waals surface area contributed by atoms with Crippen LogP contribution in [0.25, 0.3) is 0 Å². The highest BCUT2D eigenvalue weighted by Gasteiger charge is 2.20. The zero-order chi connectivity index (χ0) is 10.1. The van der Waals surface area contributed by atoms with Crippen LogP contribution in [0, 0.1) is 17.1 Å². The first kappa shape index (κ1) is 9.42. The van der Waals surface area contributed by atoms with Gasteiger partial charge in [-0.3, -0.25) is 0 Å². The van der Waals surface area contributed by atoms with E-state index in [2.05, 4.69) is 4.98 Å². The summed E-state index contributed by atoms with van der Waals surface area (Å²) in [5.41, 5.74) is 1.62. The van der Waals surface area contributed by atoms with E-state index >= 15 is 0 Å². The first-order valence-corrected chi connectivity index (χ1v) is 4.88. The van der Waals surface area contributed by atoms with E-state index in [4.69, 9.17) is 16.9 Å². The minimum atomic E-state index is -0.671. The van der Waals surface area contributed by atoms with Crippen LogP contribution in [0.3, 0.4) is 0 Å². The molecule has 14 heavy (non-hydrogen) atoms. The van der Waals surface area contributed by atoms with Crippen LogP contribution in [0.1, 0.15) is 29.7 Å². The monoisotopic (exact) mass is 210 g/mol. The van der Waals surface area contributed by atoms with Crippen LogP contribution < -0.4 is 0 Å². The molecule has 0 amide bonds. The highest BCUT2D eigenvalue weighted by Crippen LogP contribution is 2.27. The van der Waals surface area contributed by atoms with Crippen molar-refractivity contribution in [2.24, 2.45) is 0 Å². The van der Waals surface area contributed by atoms with E-state index in [-0.39, 0.29) is 10.7 Å². The van der Waals surface area contributed by atoms with Gasteiger partial charge in [0.15, 0.2) is 11.0 Å². The molecule has 1 aliphatic carbocycles. The van der Waals surface area contributed by atoms with Crippen molar-refractivity contribution in [2.45, 2.75) is 25.7 Å². The minimum Gasteiger partial charge on any atom is -0.238 e. The molecule has 1 heterocycles. The number of halogens is 2. The fourth-order valence-corrected chi connectivity index (χ4v) is 2.00. The van der Waals surface area contributed by atoms with Gasteiger partial charge in [0.05, 0.1) is 5.56 Å². The first-order valence-electron chi connectivity index (χ1n) is 4.51. The maximum atomic E-state index is 13.4. The van der Waals surface area contributed by atoms with Gasteiger partial charge >= 0.3 is 0 Å². The van der Waals surface area contributed by atoms with Crippen molar-refractivity contribution in [3.63, 3.8) is 0 Å². The molecule has 0 N–H and O–H groups in total. The van der Waals surface area contributed by atoms with E-state index in [0.29, 0.717) is 0 Å². The standard InChI is InChI=1S/C10H8ClFN2/c11-10-9(12)7(5-13)6-3-1-2-4-8(6)14-10/h1-4H2. The summed E-state index contributed by atoms with van der Waals surface area (Å²) in [4.78, 5) is 3.96. The highest BCUT2D eigenvalue weighted by atomic mass is 35.5. The molecular formula is C10H8ClFN2. The molecule has 0 atom stereocenters. The minimum absolute atomic E-state index is 0.0831. The Hall–Kier alpha value is -1.14. The second kappa shape index (κ2) is 3.55. The summed E-state index contributed by atoms with van der Waals surface area (Å²) >= 11 is 5.59. The van der Waals surface area contributed by atoms with Crippen molar-refractivity contribution >= 4 is 11.6 Å². The summed E-state index contributed by atoms with van der Waals surface area (Å²) in [7, 11) is 0. The third-order valence-electron chi connectivity index (χ3n) is 2.49. The third-order valence-corrected chi connectivity index (χ3v) is 2.74. The van der Waals surface area contributed by atoms with E-state index in [1.165, 1.54) is 0 Å². The second-order valence-corrected chi connectivity index (χ2v) is 3.69. The molecule has 0 spiro atoms. The molecular weight excluding hydrogens is 203 g/mol. The average Bonchev–Trinajstić information content (AvgIpc) is 2.20. The lowest BCUT2D eigenvalue weighted by Crippen LogP contribution is -2.10. The van der Waals surface area contributed by atoms with Crippen LogP contribution in [-0.4, -0.2) is 4.98 Å². The van der Waals surface area contributed by atoms with Gasteiger partial charge in [0.1, 0.15) is 6.07 Å². The molecule has 0 fully saturated rings. The summed E-state index contributed by atoms with van der Waals surface area (Å²) in [6.45, 7) is 0. The third kappa shape index (κ3) is 1.36. The smallest absolute Gasteiger partial charge is 0.178 e. The van der Waals surface area contributed by atoms with Gasteiger partial charge in [-0.2, -0.15) is 5.26 Å². The maximum absolute atomic E-state index is 13.4. The van der Waals surface area contributed by atoms with Crippen LogP contribution in [0.2, 0.25) is 5.15 Å². The fraction of sp³-hybridized carbons (Fsp3) is 0.400. The summed E-state index contributed by atoms with van der Waals surface area (Å²) < 4.78 is 13.4. The van der Waals surface area contributed by atoms with E-state index in [0.717, 1.165) is 36.9 Å². The quantitative estimate of drug-likeness (QED) is 0.618. The molecule has 1 aromatic heterocycles. The van der Waals surface area contributed by atoms with E-state index in [1.807, 2.05) is 6.07 Å². The van der Waals surface area contributed by atoms with Gasteiger partial charge in [0.2, 0.25) is 0 Å². The van der Waals surface area contributed by atoms with Crippen LogP contribution in [-0.2, 0) is 12.8 Å². The number of nitrogens with zero attached hydrogens (tertiary/aromatic N) is 2. The number of hydrogen-bond acceptors (Lipinski definition) is 2. The largest absolute Gasteiger partial charge is 0.238 e. The van der Waals surface area contributed by atoms with Crippen molar-refractivity contribution in [1.29, 1.82) is 5.26 Å². The van der Waals surface area contributed by atoms with E-state index in [9.17, 15) is 4.39 Å². The maximum Gasteiger partial charge on any atom is 0.178 e. The molecule has 0 unspecified atom stereocenters. The summed E-state index contributed by atoms with van der Waals surface area (Å²) in [5, 5.41) is 8.64. The van der Waals surface area contributed by atoms with Crippen molar-refractivity contribution in [3.8, 4) is 6.07 Å². The number of fused-ring (bicyclic) bond motifs is 1. The Morgan fingerprint density at radius 1 is 1.36 bits per heavy atom. The van der Waals surface area contributed by atoms with E-state index < -0.39 is 5.82 Å². The molecule has 2 rings (SSSR count). The normalized spacial score (nSPS) is 14.6. The Balaban J connectivity index is 2.67. The van der Waals surface area contributed by atoms with Crippen LogP contribution in [0.5, 0.6) is 0 Å². The zero-order valence-electron chi connectivity index (χ0n) is 7.48. The predicted molar refractivity (Wildman–Crippen MR) is 50.6 cm³/mol. The van der Waals surface area contributed by atoms with Gasteiger partial charge < -0.3 is 0 Å². The van der Waals surface area contributed by atoms with E-state index in [1.54, 1.807) is 0 Å². The van der Waals surface area contributed by atoms with Gasteiger partial charge in [-0.25, -0.2) is 9.37 Å². The Morgan fingerprint density at radius 2 is 2.07 bits per heavy atom. The number of hydrogen-bond donors (Lipinski definition) is 0. The average molecular weight is 211 g/mol. The van der Waals surface area contributed by atoms with Crippen molar-refractivity contribution in [1.82, 2.24) is 4.98 Å². The molecule has 0 saturated heterocycles. The SMILES string of the molecule is N#Cc1c(F)c(Cl)nc2c1CCCC2. The van der Waals surface area contributed by atoms with Crippen molar-refractivity contribution in [2.75, 3.05) is 0 Å². The van der Waals surface area contributed by atoms with Crippen LogP contribution >= 0.6 is 11.6 Å². The summed E-state index contributed by atoms with van der Waals surface area (Å²) in [6.07, 6.45) is 3.56. The Morgan fingerprint density at radius 3 is 2.79 bits per heavy atom. The van der Waals surface area contributed by atoms with Crippen molar-refractivity contribution < 1.29 is 4.39 Å². The molecule has 0 bridgehead atoms. The molecule has 4 heteroatoms. The molecule has 0 aromatic carbocycles. The lowest BCUT2D eigenvalue weighted by molar-refractivity contribution is 0.595. The van der Waals surface area contributed by atoms with Crippen LogP contribution in [0.15, 0.2) is 0 Å². The lowest BCUT2D eigenvalue weighted by Gasteiger charge is -2.16. The Kier molecular flexibility index (Phi) is 2.39. The van der Waals surface area contributed by atoms with Crippen molar-refractivity contribution in [3.05, 3.63) is 27.8 Å². The highest BCUT2D eigenvalue weighted by molar-refractivity contribution is 6.29. The van der Waals surface area contributed by atoms with Gasteiger partial charge in [0.25, 0.3) is 0 Å². The first-order chi connectivity index (χ1) is 6.74. The molecule has 1 aromatic rings. The molecule has 1 aliphatic rings. The number of nitriles is 1. The zero-order valence-corrected chi connectivity index (χ0v) is 8.23. The van der Waals surface area contributed by atoms with Gasteiger partial charge in [-0.15, -0.1) is 0 Å². The van der Waals surface area contributed by atoms with Gasteiger partial charge in [0, 0.05) is 5.69 Å². The Bertz CT molecular complexity index is 423. The lowest BCUT2D eigenvalue weighted by atomic mass is 9.92. The second-order valence-electron chi connectivity index (χ2n) is 3.34. The number of rotatable bonds is 0. The van der Waals surface area contributed by atoms with Gasteiger partial charge in [-0.05, 0) is 31.2 Å². The predicted octanol–water partition coefficient (Wildman–Crippen LogP) is 2.62. The molecule has 72 valence electrons. The molecule has 2 nitrogen and oxygen atoms in total. The number of aryl methyl sites for hydroxylation is 1. The summed E-state index contributed by atoms with van der Waals surface area (Å²) in [5.74, 6) is -0.671. The molecule has 0 saturated carbocycles. The Labute approximate surface area is 86.3 Å². The fourth-order valence-electron chi connectivity index (χ4n) is 1.80. The summed E-state index contributed by atoms with van der Waals surface area (Å²) in [6, 6.07) is 1.86. The number of pyridine rings is 1. The number of aromatic nitrogens is 1. The van der Waals surface area contributed by atoms with Gasteiger partial charge in [-0.1, -0.05) is 11.6 Å². The topological polar surface area (TPSA) is 36.7 Å². The van der Waals surface area contributed by atoms with Crippen LogP contribution in [0.4, 0.5) is 4.39 Å². The molecule has 0 radical (unpaired) electrons. The molecule has 0 aliphatic heterocycles.